The predicted molar refractivity (Wildman–Crippen MR) is 128 cm³/mol. The average Bonchev–Trinajstić information content (AvgIpc) is 2.79. The maximum absolute atomic E-state index is 12.7. The number of carbonyl (C=O) groups is 1. The molecule has 31 heavy (non-hydrogen) atoms. The van der Waals surface area contributed by atoms with E-state index in [0.717, 1.165) is 51.1 Å². The molecule has 0 spiro atoms. The van der Waals surface area contributed by atoms with Crippen LogP contribution < -0.4 is 0 Å². The highest BCUT2D eigenvalue weighted by Gasteiger charge is 2.38. The van der Waals surface area contributed by atoms with Gasteiger partial charge in [0.2, 0.25) is 0 Å². The number of likely N-dealkylation sites (tertiary alicyclic amines) is 1. The molecule has 4 heteroatoms. The van der Waals surface area contributed by atoms with E-state index in [1.807, 2.05) is 43.0 Å². The molecular weight excluding hydrogens is 384 g/mol. The Bertz CT molecular complexity index is 848. The largest absolute Gasteiger partial charge is 0.508 e. The van der Waals surface area contributed by atoms with Gasteiger partial charge in [-0.05, 0) is 94.1 Å². The van der Waals surface area contributed by atoms with E-state index in [1.165, 1.54) is 17.5 Å². The number of hydrogen-bond donors (Lipinski definition) is 1. The number of piperidine rings is 1. The molecule has 1 heterocycles. The maximum Gasteiger partial charge on any atom is 0.253 e. The van der Waals surface area contributed by atoms with Gasteiger partial charge in [0.05, 0.1) is 0 Å². The molecule has 2 aromatic carbocycles. The first-order chi connectivity index (χ1) is 14.9. The fourth-order valence-corrected chi connectivity index (χ4v) is 4.77. The first-order valence-electron chi connectivity index (χ1n) is 11.8. The summed E-state index contributed by atoms with van der Waals surface area (Å²) >= 11 is 0. The Balaban J connectivity index is 1.89. The van der Waals surface area contributed by atoms with Crippen molar-refractivity contribution in [2.75, 3.05) is 32.7 Å². The minimum absolute atomic E-state index is 0.0893. The smallest absolute Gasteiger partial charge is 0.253 e. The molecule has 0 saturated carbocycles. The van der Waals surface area contributed by atoms with Crippen LogP contribution in [0.5, 0.6) is 5.75 Å². The number of benzene rings is 2. The van der Waals surface area contributed by atoms with Gasteiger partial charge in [0.25, 0.3) is 5.91 Å². The zero-order valence-corrected chi connectivity index (χ0v) is 19.6. The van der Waals surface area contributed by atoms with Crippen molar-refractivity contribution >= 4 is 5.91 Å². The van der Waals surface area contributed by atoms with Gasteiger partial charge in [-0.2, -0.15) is 0 Å². The lowest BCUT2D eigenvalue weighted by molar-refractivity contribution is 0.0773. The highest BCUT2D eigenvalue weighted by molar-refractivity contribution is 5.94. The molecule has 0 unspecified atom stereocenters. The van der Waals surface area contributed by atoms with E-state index in [9.17, 15) is 9.90 Å². The van der Waals surface area contributed by atoms with Crippen LogP contribution in [0.4, 0.5) is 0 Å². The Morgan fingerprint density at radius 3 is 2.23 bits per heavy atom. The first-order valence-corrected chi connectivity index (χ1v) is 11.8. The second-order valence-corrected chi connectivity index (χ2v) is 9.21. The van der Waals surface area contributed by atoms with Crippen molar-refractivity contribution < 1.29 is 9.90 Å². The Kier molecular flexibility index (Phi) is 7.77. The molecule has 0 aliphatic carbocycles. The molecule has 3 rings (SSSR count). The fraction of sp³-hybridized carbons (Fsp3) is 0.519. The molecule has 4 nitrogen and oxygen atoms in total. The van der Waals surface area contributed by atoms with E-state index in [-0.39, 0.29) is 11.3 Å². The lowest BCUT2D eigenvalue weighted by Crippen LogP contribution is -2.43. The van der Waals surface area contributed by atoms with E-state index in [2.05, 4.69) is 36.9 Å². The molecule has 168 valence electrons. The quantitative estimate of drug-likeness (QED) is 0.628. The van der Waals surface area contributed by atoms with Crippen LogP contribution in [-0.4, -0.2) is 53.5 Å². The van der Waals surface area contributed by atoms with Crippen molar-refractivity contribution in [2.24, 2.45) is 5.92 Å². The van der Waals surface area contributed by atoms with E-state index >= 15 is 0 Å². The Morgan fingerprint density at radius 2 is 1.68 bits per heavy atom. The van der Waals surface area contributed by atoms with Gasteiger partial charge in [-0.25, -0.2) is 0 Å². The first kappa shape index (κ1) is 23.3. The number of amides is 1. The molecular formula is C27H38N2O2. The molecule has 0 radical (unpaired) electrons. The van der Waals surface area contributed by atoms with Crippen molar-refractivity contribution in [3.05, 3.63) is 65.2 Å². The summed E-state index contributed by atoms with van der Waals surface area (Å²) in [6.45, 7) is 13.3. The molecule has 1 saturated heterocycles. The zero-order valence-electron chi connectivity index (χ0n) is 19.6. The van der Waals surface area contributed by atoms with E-state index in [1.54, 1.807) is 6.07 Å². The Morgan fingerprint density at radius 1 is 1.03 bits per heavy atom. The van der Waals surface area contributed by atoms with Gasteiger partial charge < -0.3 is 14.9 Å². The summed E-state index contributed by atoms with van der Waals surface area (Å²) in [6.07, 6.45) is 3.25. The predicted octanol–water partition coefficient (Wildman–Crippen LogP) is 5.30. The number of carbonyl (C=O) groups excluding carboxylic acids is 1. The summed E-state index contributed by atoms with van der Waals surface area (Å²) in [6, 6.07) is 15.9. The highest BCUT2D eigenvalue weighted by atomic mass is 16.3. The van der Waals surface area contributed by atoms with Crippen molar-refractivity contribution in [1.29, 1.82) is 0 Å². The van der Waals surface area contributed by atoms with Crippen LogP contribution in [-0.2, 0) is 5.41 Å². The third-order valence-electron chi connectivity index (χ3n) is 6.87. The van der Waals surface area contributed by atoms with Gasteiger partial charge in [0.15, 0.2) is 0 Å². The van der Waals surface area contributed by atoms with E-state index in [0.29, 0.717) is 11.7 Å². The van der Waals surface area contributed by atoms with Crippen LogP contribution in [0.25, 0.3) is 0 Å². The van der Waals surface area contributed by atoms with Gasteiger partial charge in [-0.15, -0.1) is 0 Å². The van der Waals surface area contributed by atoms with Crippen LogP contribution in [0.1, 0.15) is 68.4 Å². The van der Waals surface area contributed by atoms with Crippen molar-refractivity contribution in [2.45, 2.75) is 52.4 Å². The Hall–Kier alpha value is -2.33. The third-order valence-corrected chi connectivity index (χ3v) is 6.87. The van der Waals surface area contributed by atoms with Crippen LogP contribution in [0.2, 0.25) is 0 Å². The molecule has 2 aromatic rings. The molecule has 0 aromatic heterocycles. The van der Waals surface area contributed by atoms with Crippen LogP contribution >= 0.6 is 0 Å². The summed E-state index contributed by atoms with van der Waals surface area (Å²) in [7, 11) is 0. The fourth-order valence-electron chi connectivity index (χ4n) is 4.77. The van der Waals surface area contributed by atoms with Gasteiger partial charge in [-0.1, -0.05) is 38.1 Å². The summed E-state index contributed by atoms with van der Waals surface area (Å²) in [4.78, 5) is 17.2. The van der Waals surface area contributed by atoms with Gasteiger partial charge in [-0.3, -0.25) is 4.79 Å². The van der Waals surface area contributed by atoms with Crippen molar-refractivity contribution in [1.82, 2.24) is 9.80 Å². The minimum Gasteiger partial charge on any atom is -0.508 e. The Labute approximate surface area is 187 Å². The van der Waals surface area contributed by atoms with Crippen molar-refractivity contribution in [3.8, 4) is 5.75 Å². The number of phenols is 1. The lowest BCUT2D eigenvalue weighted by Gasteiger charge is -2.43. The molecule has 0 bridgehead atoms. The highest BCUT2D eigenvalue weighted by Crippen LogP contribution is 2.42. The zero-order chi connectivity index (χ0) is 22.4. The van der Waals surface area contributed by atoms with E-state index in [4.69, 9.17) is 0 Å². The van der Waals surface area contributed by atoms with Crippen LogP contribution in [0, 0.1) is 5.92 Å². The third kappa shape index (κ3) is 5.30. The lowest BCUT2D eigenvalue weighted by atomic mass is 9.68. The normalized spacial score (nSPS) is 16.4. The summed E-state index contributed by atoms with van der Waals surface area (Å²) in [5.41, 5.74) is 3.01. The maximum atomic E-state index is 12.7. The molecule has 1 fully saturated rings. The summed E-state index contributed by atoms with van der Waals surface area (Å²) < 4.78 is 0. The average molecular weight is 423 g/mol. The second-order valence-electron chi connectivity index (χ2n) is 9.21. The number of aromatic hydroxyl groups is 1. The molecule has 1 N–H and O–H groups in total. The number of phenolic OH excluding ortho intramolecular Hbond substituents is 1. The van der Waals surface area contributed by atoms with Gasteiger partial charge in [0.1, 0.15) is 5.75 Å². The van der Waals surface area contributed by atoms with Gasteiger partial charge in [0, 0.05) is 24.1 Å². The SMILES string of the molecule is CCN(CC)C(=O)c1ccc(C2(c3cccc(O)c3)CCN(CCC(C)C)CC2)cc1. The summed E-state index contributed by atoms with van der Waals surface area (Å²) in [5, 5.41) is 10.2. The number of hydrogen-bond acceptors (Lipinski definition) is 3. The minimum atomic E-state index is -0.135. The monoisotopic (exact) mass is 422 g/mol. The number of rotatable bonds is 8. The second kappa shape index (κ2) is 10.3. The number of nitrogens with zero attached hydrogens (tertiary/aromatic N) is 2. The molecule has 1 aliphatic heterocycles. The molecule has 1 aliphatic rings. The van der Waals surface area contributed by atoms with E-state index < -0.39 is 0 Å². The summed E-state index contributed by atoms with van der Waals surface area (Å²) in [5.74, 6) is 1.12. The molecule has 1 amide bonds. The van der Waals surface area contributed by atoms with Crippen molar-refractivity contribution in [3.63, 3.8) is 0 Å². The van der Waals surface area contributed by atoms with Crippen LogP contribution in [0.3, 0.4) is 0 Å². The topological polar surface area (TPSA) is 43.8 Å². The standard InChI is InChI=1S/C27H38N2O2/c1-5-29(6-2)26(31)22-10-12-23(13-11-22)27(24-8-7-9-25(30)20-24)15-18-28(19-16-27)17-14-21(3)4/h7-13,20-21,30H,5-6,14-19H2,1-4H3. The van der Waals surface area contributed by atoms with Gasteiger partial charge >= 0.3 is 0 Å². The molecule has 0 atom stereocenters. The van der Waals surface area contributed by atoms with Crippen LogP contribution in [0.15, 0.2) is 48.5 Å².